The van der Waals surface area contributed by atoms with Gasteiger partial charge in [0.25, 0.3) is 11.6 Å². The van der Waals surface area contributed by atoms with Crippen LogP contribution in [0.3, 0.4) is 0 Å². The van der Waals surface area contributed by atoms with Crippen LogP contribution in [0.1, 0.15) is 11.1 Å². The van der Waals surface area contributed by atoms with Crippen LogP contribution < -0.4 is 14.8 Å². The minimum Gasteiger partial charge on any atom is -0.493 e. The van der Waals surface area contributed by atoms with Crippen molar-refractivity contribution in [1.29, 1.82) is 5.26 Å². The molecule has 10 heteroatoms. The number of rotatable bonds is 8. The molecule has 0 heterocycles. The first-order valence-electron chi connectivity index (χ1n) is 9.73. The number of nitrogens with zero attached hydrogens (tertiary/aromatic N) is 2. The number of carbonyl (C=O) groups excluding carboxylic acids is 1. The normalized spacial score (nSPS) is 10.8. The average molecular weight is 543 g/mol. The molecule has 0 atom stereocenters. The molecule has 0 fully saturated rings. The van der Waals surface area contributed by atoms with Crippen molar-refractivity contribution in [3.63, 3.8) is 0 Å². The molecule has 0 aliphatic carbocycles. The number of nitro groups is 1. The topological polar surface area (TPSA) is 114 Å². The van der Waals surface area contributed by atoms with E-state index in [1.165, 1.54) is 25.3 Å². The van der Waals surface area contributed by atoms with Gasteiger partial charge in [0.05, 0.1) is 16.5 Å². The molecule has 0 saturated heterocycles. The van der Waals surface area contributed by atoms with Gasteiger partial charge in [0, 0.05) is 11.1 Å². The van der Waals surface area contributed by atoms with E-state index in [1.807, 2.05) is 36.4 Å². The lowest BCUT2D eigenvalue weighted by Crippen LogP contribution is -2.14. The van der Waals surface area contributed by atoms with Crippen molar-refractivity contribution < 1.29 is 19.2 Å². The van der Waals surface area contributed by atoms with Gasteiger partial charge in [-0.05, 0) is 57.4 Å². The highest BCUT2D eigenvalue weighted by Gasteiger charge is 2.19. The Labute approximate surface area is 208 Å². The molecule has 0 unspecified atom stereocenters. The molecule has 0 aliphatic heterocycles. The van der Waals surface area contributed by atoms with Crippen molar-refractivity contribution in [2.45, 2.75) is 6.61 Å². The number of methoxy groups -OCH3 is 1. The molecular formula is C24H17BrClN3O5. The zero-order chi connectivity index (χ0) is 24.7. The highest BCUT2D eigenvalue weighted by atomic mass is 79.9. The first-order chi connectivity index (χ1) is 16.3. The van der Waals surface area contributed by atoms with Crippen molar-refractivity contribution in [3.8, 4) is 17.6 Å². The van der Waals surface area contributed by atoms with Crippen molar-refractivity contribution in [1.82, 2.24) is 0 Å². The molecule has 0 bridgehead atoms. The Morgan fingerprint density at radius 2 is 1.97 bits per heavy atom. The van der Waals surface area contributed by atoms with Gasteiger partial charge in [0.1, 0.15) is 23.9 Å². The number of carbonyl (C=O) groups is 1. The average Bonchev–Trinajstić information content (AvgIpc) is 2.83. The molecule has 172 valence electrons. The van der Waals surface area contributed by atoms with E-state index < -0.39 is 10.8 Å². The van der Waals surface area contributed by atoms with Gasteiger partial charge in [-0.25, -0.2) is 0 Å². The molecule has 34 heavy (non-hydrogen) atoms. The molecule has 0 radical (unpaired) electrons. The largest absolute Gasteiger partial charge is 0.493 e. The third-order valence-electron chi connectivity index (χ3n) is 4.56. The smallest absolute Gasteiger partial charge is 0.294 e. The van der Waals surface area contributed by atoms with Crippen LogP contribution in [0.5, 0.6) is 11.5 Å². The molecule has 3 aromatic carbocycles. The van der Waals surface area contributed by atoms with E-state index in [0.717, 1.165) is 11.6 Å². The van der Waals surface area contributed by atoms with Crippen molar-refractivity contribution >= 4 is 50.9 Å². The molecule has 0 aromatic heterocycles. The summed E-state index contributed by atoms with van der Waals surface area (Å²) in [7, 11) is 1.47. The molecule has 0 aliphatic rings. The molecule has 8 nitrogen and oxygen atoms in total. The van der Waals surface area contributed by atoms with Gasteiger partial charge in [0.15, 0.2) is 11.5 Å². The van der Waals surface area contributed by atoms with Crippen molar-refractivity contribution in [2.24, 2.45) is 0 Å². The SMILES string of the molecule is COc1cc(C=C(C#N)C(=O)Nc2ccc(Cl)cc2[N+](=O)[O-])cc(Br)c1OCc1ccccc1. The highest BCUT2D eigenvalue weighted by Crippen LogP contribution is 2.38. The van der Waals surface area contributed by atoms with Crippen LogP contribution in [0, 0.1) is 21.4 Å². The first kappa shape index (κ1) is 24.8. The third-order valence-corrected chi connectivity index (χ3v) is 5.38. The Balaban J connectivity index is 1.85. The van der Waals surface area contributed by atoms with Crippen LogP contribution in [0.15, 0.2) is 70.7 Å². The summed E-state index contributed by atoms with van der Waals surface area (Å²) in [5.74, 6) is 0.0401. The molecule has 3 rings (SSSR count). The van der Waals surface area contributed by atoms with Gasteiger partial charge in [-0.15, -0.1) is 0 Å². The summed E-state index contributed by atoms with van der Waals surface area (Å²) in [6.45, 7) is 0.316. The number of anilines is 1. The lowest BCUT2D eigenvalue weighted by atomic mass is 10.1. The minimum atomic E-state index is -0.813. The van der Waals surface area contributed by atoms with Crippen LogP contribution >= 0.6 is 27.5 Å². The van der Waals surface area contributed by atoms with E-state index in [9.17, 15) is 20.2 Å². The molecule has 1 amide bonds. The predicted molar refractivity (Wildman–Crippen MR) is 132 cm³/mol. The van der Waals surface area contributed by atoms with Crippen LogP contribution in [0.4, 0.5) is 11.4 Å². The van der Waals surface area contributed by atoms with E-state index in [2.05, 4.69) is 21.2 Å². The Kier molecular flexibility index (Phi) is 8.24. The summed E-state index contributed by atoms with van der Waals surface area (Å²) >= 11 is 9.24. The lowest BCUT2D eigenvalue weighted by molar-refractivity contribution is -0.383. The summed E-state index contributed by atoms with van der Waals surface area (Å²) < 4.78 is 11.9. The number of nitriles is 1. The second kappa shape index (κ2) is 11.3. The van der Waals surface area contributed by atoms with Gasteiger partial charge in [-0.1, -0.05) is 41.9 Å². The summed E-state index contributed by atoms with van der Waals surface area (Å²) in [5.41, 5.74) is 0.718. The number of ether oxygens (including phenoxy) is 2. The van der Waals surface area contributed by atoms with Gasteiger partial charge < -0.3 is 14.8 Å². The van der Waals surface area contributed by atoms with Crippen molar-refractivity contribution in [2.75, 3.05) is 12.4 Å². The van der Waals surface area contributed by atoms with Crippen LogP contribution in [-0.4, -0.2) is 17.9 Å². The predicted octanol–water partition coefficient (Wildman–Crippen LogP) is 6.14. The summed E-state index contributed by atoms with van der Waals surface area (Å²) in [4.78, 5) is 23.2. The number of hydrogen-bond donors (Lipinski definition) is 1. The monoisotopic (exact) mass is 541 g/mol. The Morgan fingerprint density at radius 3 is 2.62 bits per heavy atom. The standard InChI is InChI=1S/C24H17BrClN3O5/c1-33-22-11-16(10-19(25)23(22)34-14-15-5-3-2-4-6-15)9-17(13-27)24(30)28-20-8-7-18(26)12-21(20)29(31)32/h2-12H,14H2,1H3,(H,28,30). The summed E-state index contributed by atoms with van der Waals surface area (Å²) in [5, 5.41) is 23.3. The molecule has 0 saturated carbocycles. The molecule has 1 N–H and O–H groups in total. The van der Waals surface area contributed by atoms with E-state index in [-0.39, 0.29) is 22.0 Å². The minimum absolute atomic E-state index is 0.0797. The van der Waals surface area contributed by atoms with Crippen LogP contribution in [0.2, 0.25) is 5.02 Å². The van der Waals surface area contributed by atoms with Gasteiger partial charge in [0.2, 0.25) is 0 Å². The molecule has 3 aromatic rings. The maximum Gasteiger partial charge on any atom is 0.294 e. The van der Waals surface area contributed by atoms with Crippen molar-refractivity contribution in [3.05, 3.63) is 97.0 Å². The zero-order valence-corrected chi connectivity index (χ0v) is 20.1. The summed E-state index contributed by atoms with van der Waals surface area (Å²) in [6, 6.07) is 18.5. The third kappa shape index (κ3) is 6.13. The first-order valence-corrected chi connectivity index (χ1v) is 10.9. The number of hydrogen-bond acceptors (Lipinski definition) is 6. The molecular weight excluding hydrogens is 526 g/mol. The Bertz CT molecular complexity index is 1310. The number of halogens is 2. The van der Waals surface area contributed by atoms with E-state index in [4.69, 9.17) is 21.1 Å². The number of amides is 1. The summed E-state index contributed by atoms with van der Waals surface area (Å²) in [6.07, 6.45) is 1.34. The fraction of sp³-hybridized carbons (Fsp3) is 0.0833. The maximum absolute atomic E-state index is 12.6. The van der Waals surface area contributed by atoms with Gasteiger partial charge >= 0.3 is 0 Å². The second-order valence-corrected chi connectivity index (χ2v) is 8.14. The Hall–Kier alpha value is -3.87. The number of nitro benzene ring substituents is 1. The van der Waals surface area contributed by atoms with Crippen LogP contribution in [0.25, 0.3) is 6.08 Å². The molecule has 0 spiro atoms. The van der Waals surface area contributed by atoms with Gasteiger partial charge in [-0.2, -0.15) is 5.26 Å². The van der Waals surface area contributed by atoms with E-state index in [1.54, 1.807) is 12.1 Å². The number of benzene rings is 3. The Morgan fingerprint density at radius 1 is 1.24 bits per heavy atom. The number of nitrogens with one attached hydrogen (secondary N) is 1. The maximum atomic E-state index is 12.6. The van der Waals surface area contributed by atoms with E-state index >= 15 is 0 Å². The zero-order valence-electron chi connectivity index (χ0n) is 17.7. The van der Waals surface area contributed by atoms with E-state index in [0.29, 0.717) is 28.1 Å². The van der Waals surface area contributed by atoms with Crippen LogP contribution in [-0.2, 0) is 11.4 Å². The second-order valence-electron chi connectivity index (χ2n) is 6.85. The fourth-order valence-corrected chi connectivity index (χ4v) is 3.70. The highest BCUT2D eigenvalue weighted by molar-refractivity contribution is 9.10. The fourth-order valence-electron chi connectivity index (χ4n) is 2.96. The lowest BCUT2D eigenvalue weighted by Gasteiger charge is -2.14. The van der Waals surface area contributed by atoms with Gasteiger partial charge in [-0.3, -0.25) is 14.9 Å². The quantitative estimate of drug-likeness (QED) is 0.158.